The van der Waals surface area contributed by atoms with Crippen molar-refractivity contribution in [1.29, 1.82) is 0 Å². The molecule has 2 heterocycles. The van der Waals surface area contributed by atoms with Crippen molar-refractivity contribution in [1.82, 2.24) is 14.7 Å². The molecule has 1 saturated heterocycles. The molecular weight excluding hydrogens is 346 g/mol. The van der Waals surface area contributed by atoms with E-state index in [9.17, 15) is 14.7 Å². The summed E-state index contributed by atoms with van der Waals surface area (Å²) >= 11 is 0. The number of nitrogens with zero attached hydrogens (tertiary/aromatic N) is 3. The lowest BCUT2D eigenvalue weighted by Gasteiger charge is -2.17. The number of aromatic nitrogens is 2. The standard InChI is InChI=1S/C20H25N3O4/c1-12(2)17-9-18(22(3)21-17)19(24)23-10-15(16(11-23)20(25)26)13-6-5-7-14(8-13)27-4/h5-9,12,15-16H,10-11H2,1-4H3,(H,25,26)/t15-,16+/m1/s1. The average Bonchev–Trinajstić information content (AvgIpc) is 3.25. The highest BCUT2D eigenvalue weighted by atomic mass is 16.5. The molecule has 7 heteroatoms. The first-order valence-electron chi connectivity index (χ1n) is 9.01. The van der Waals surface area contributed by atoms with Crippen molar-refractivity contribution in [3.05, 3.63) is 47.3 Å². The van der Waals surface area contributed by atoms with Gasteiger partial charge in [-0.1, -0.05) is 26.0 Å². The van der Waals surface area contributed by atoms with E-state index in [0.29, 0.717) is 18.0 Å². The third-order valence-electron chi connectivity index (χ3n) is 5.16. The number of hydrogen-bond acceptors (Lipinski definition) is 4. The Balaban J connectivity index is 1.88. The molecule has 27 heavy (non-hydrogen) atoms. The molecule has 3 rings (SSSR count). The van der Waals surface area contributed by atoms with E-state index in [4.69, 9.17) is 4.74 Å². The Hall–Kier alpha value is -2.83. The van der Waals surface area contributed by atoms with Gasteiger partial charge >= 0.3 is 5.97 Å². The molecule has 1 amide bonds. The number of carbonyl (C=O) groups is 2. The molecule has 0 spiro atoms. The van der Waals surface area contributed by atoms with Gasteiger partial charge in [-0.25, -0.2) is 0 Å². The summed E-state index contributed by atoms with van der Waals surface area (Å²) in [6, 6.07) is 9.18. The van der Waals surface area contributed by atoms with Gasteiger partial charge in [0.1, 0.15) is 11.4 Å². The summed E-state index contributed by atoms with van der Waals surface area (Å²) in [6.07, 6.45) is 0. The lowest BCUT2D eigenvalue weighted by molar-refractivity contribution is -0.141. The average molecular weight is 371 g/mol. The normalized spacial score (nSPS) is 19.5. The zero-order chi connectivity index (χ0) is 19.7. The molecule has 1 aromatic heterocycles. The van der Waals surface area contributed by atoms with Crippen molar-refractivity contribution >= 4 is 11.9 Å². The summed E-state index contributed by atoms with van der Waals surface area (Å²) in [5, 5.41) is 14.1. The van der Waals surface area contributed by atoms with Gasteiger partial charge in [0.25, 0.3) is 5.91 Å². The largest absolute Gasteiger partial charge is 0.497 e. The van der Waals surface area contributed by atoms with E-state index in [1.54, 1.807) is 29.8 Å². The number of amides is 1. The molecule has 1 aliphatic rings. The maximum Gasteiger partial charge on any atom is 0.308 e. The van der Waals surface area contributed by atoms with Gasteiger partial charge in [-0.05, 0) is 29.7 Å². The molecule has 0 unspecified atom stereocenters. The molecule has 0 bridgehead atoms. The molecule has 0 radical (unpaired) electrons. The van der Waals surface area contributed by atoms with E-state index >= 15 is 0 Å². The van der Waals surface area contributed by atoms with Crippen LogP contribution < -0.4 is 4.74 Å². The molecule has 0 saturated carbocycles. The maximum absolute atomic E-state index is 13.0. The Morgan fingerprint density at radius 2 is 2.00 bits per heavy atom. The van der Waals surface area contributed by atoms with Gasteiger partial charge in [0.2, 0.25) is 0 Å². The number of aliphatic carboxylic acids is 1. The van der Waals surface area contributed by atoms with E-state index in [0.717, 1.165) is 11.3 Å². The summed E-state index contributed by atoms with van der Waals surface area (Å²) in [6.45, 7) is 4.57. The van der Waals surface area contributed by atoms with E-state index in [2.05, 4.69) is 5.10 Å². The Morgan fingerprint density at radius 3 is 2.59 bits per heavy atom. The van der Waals surface area contributed by atoms with E-state index in [1.165, 1.54) is 0 Å². The number of hydrogen-bond donors (Lipinski definition) is 1. The fourth-order valence-electron chi connectivity index (χ4n) is 3.56. The van der Waals surface area contributed by atoms with Crippen LogP contribution in [0.5, 0.6) is 5.75 Å². The lowest BCUT2D eigenvalue weighted by atomic mass is 9.89. The molecule has 1 N–H and O–H groups in total. The SMILES string of the molecule is COc1cccc([C@H]2CN(C(=O)c3cc(C(C)C)nn3C)C[C@@H]2C(=O)O)c1. The predicted octanol–water partition coefficient (Wildman–Crippen LogP) is 2.49. The molecule has 2 atom stereocenters. The second kappa shape index (κ2) is 7.42. The van der Waals surface area contributed by atoms with Gasteiger partial charge in [-0.3, -0.25) is 14.3 Å². The molecule has 2 aromatic rings. The van der Waals surface area contributed by atoms with Crippen molar-refractivity contribution in [2.45, 2.75) is 25.7 Å². The van der Waals surface area contributed by atoms with Crippen LogP contribution in [0.3, 0.4) is 0 Å². The monoisotopic (exact) mass is 371 g/mol. The molecular formula is C20H25N3O4. The molecule has 1 aromatic carbocycles. The number of carboxylic acids is 1. The molecule has 0 aliphatic carbocycles. The Bertz CT molecular complexity index is 859. The molecule has 7 nitrogen and oxygen atoms in total. The van der Waals surface area contributed by atoms with Gasteiger partial charge in [0, 0.05) is 26.1 Å². The van der Waals surface area contributed by atoms with Crippen molar-refractivity contribution in [2.75, 3.05) is 20.2 Å². The Kier molecular flexibility index (Phi) is 5.21. The highest BCUT2D eigenvalue weighted by Crippen LogP contribution is 2.35. The summed E-state index contributed by atoms with van der Waals surface area (Å²) in [5.41, 5.74) is 2.19. The van der Waals surface area contributed by atoms with Gasteiger partial charge in [-0.2, -0.15) is 5.10 Å². The van der Waals surface area contributed by atoms with Crippen molar-refractivity contribution in [2.24, 2.45) is 13.0 Å². The van der Waals surface area contributed by atoms with Crippen molar-refractivity contribution < 1.29 is 19.4 Å². The van der Waals surface area contributed by atoms with Crippen molar-refractivity contribution in [3.63, 3.8) is 0 Å². The Labute approximate surface area is 158 Å². The third-order valence-corrected chi connectivity index (χ3v) is 5.16. The van der Waals surface area contributed by atoms with Gasteiger partial charge in [0.15, 0.2) is 0 Å². The van der Waals surface area contributed by atoms with Crippen LogP contribution in [-0.4, -0.2) is 51.9 Å². The van der Waals surface area contributed by atoms with Gasteiger partial charge < -0.3 is 14.7 Å². The lowest BCUT2D eigenvalue weighted by Crippen LogP contribution is -2.31. The number of ether oxygens (including phenoxy) is 1. The minimum atomic E-state index is -0.897. The summed E-state index contributed by atoms with van der Waals surface area (Å²) < 4.78 is 6.83. The predicted molar refractivity (Wildman–Crippen MR) is 100 cm³/mol. The highest BCUT2D eigenvalue weighted by Gasteiger charge is 2.41. The number of carboxylic acid groups (broad SMARTS) is 1. The summed E-state index contributed by atoms with van der Waals surface area (Å²) in [5.74, 6) is -1.13. The first-order valence-corrected chi connectivity index (χ1v) is 9.01. The van der Waals surface area contributed by atoms with Crippen LogP contribution in [0.15, 0.2) is 30.3 Å². The molecule has 1 aliphatic heterocycles. The van der Waals surface area contributed by atoms with E-state index < -0.39 is 11.9 Å². The molecule has 144 valence electrons. The number of likely N-dealkylation sites (tertiary alicyclic amines) is 1. The fraction of sp³-hybridized carbons (Fsp3) is 0.450. The van der Waals surface area contributed by atoms with Gasteiger partial charge in [-0.15, -0.1) is 0 Å². The van der Waals surface area contributed by atoms with Crippen LogP contribution in [0.25, 0.3) is 0 Å². The van der Waals surface area contributed by atoms with Crippen LogP contribution >= 0.6 is 0 Å². The Morgan fingerprint density at radius 1 is 1.26 bits per heavy atom. The van der Waals surface area contributed by atoms with Gasteiger partial charge in [0.05, 0.1) is 18.7 Å². The van der Waals surface area contributed by atoms with Crippen LogP contribution in [0, 0.1) is 5.92 Å². The maximum atomic E-state index is 13.0. The number of methoxy groups -OCH3 is 1. The second-order valence-electron chi connectivity index (χ2n) is 7.27. The molecule has 1 fully saturated rings. The number of benzene rings is 1. The summed E-state index contributed by atoms with van der Waals surface area (Å²) in [4.78, 5) is 26.5. The topological polar surface area (TPSA) is 84.7 Å². The minimum Gasteiger partial charge on any atom is -0.497 e. The van der Waals surface area contributed by atoms with E-state index in [-0.39, 0.29) is 24.3 Å². The van der Waals surface area contributed by atoms with E-state index in [1.807, 2.05) is 38.1 Å². The fourth-order valence-corrected chi connectivity index (χ4v) is 3.56. The first kappa shape index (κ1) is 18.9. The number of aryl methyl sites for hydroxylation is 1. The zero-order valence-electron chi connectivity index (χ0n) is 16.0. The van der Waals surface area contributed by atoms with Crippen molar-refractivity contribution in [3.8, 4) is 5.75 Å². The zero-order valence-corrected chi connectivity index (χ0v) is 16.0. The minimum absolute atomic E-state index is 0.179. The summed E-state index contributed by atoms with van der Waals surface area (Å²) in [7, 11) is 3.32. The van der Waals surface area contributed by atoms with Crippen LogP contribution in [0.4, 0.5) is 0 Å². The quantitative estimate of drug-likeness (QED) is 0.873. The van der Waals surface area contributed by atoms with Crippen LogP contribution in [0.2, 0.25) is 0 Å². The smallest absolute Gasteiger partial charge is 0.308 e. The number of carbonyl (C=O) groups excluding carboxylic acids is 1. The first-order chi connectivity index (χ1) is 12.8. The highest BCUT2D eigenvalue weighted by molar-refractivity contribution is 5.93. The van der Waals surface area contributed by atoms with Crippen LogP contribution in [-0.2, 0) is 11.8 Å². The second-order valence-corrected chi connectivity index (χ2v) is 7.27. The number of rotatable bonds is 5. The van der Waals surface area contributed by atoms with Crippen LogP contribution in [0.1, 0.15) is 47.4 Å². The third kappa shape index (κ3) is 3.67.